The van der Waals surface area contributed by atoms with Crippen LogP contribution in [0.2, 0.25) is 0 Å². The summed E-state index contributed by atoms with van der Waals surface area (Å²) in [7, 11) is 3.12. The molecule has 0 aliphatic rings. The molecular formula is C16H20O4. The van der Waals surface area contributed by atoms with Crippen molar-refractivity contribution in [3.05, 3.63) is 47.5 Å². The quantitative estimate of drug-likeness (QED) is 0.882. The normalized spacial score (nSPS) is 9.40. The zero-order valence-electron chi connectivity index (χ0n) is 12.2. The van der Waals surface area contributed by atoms with E-state index in [9.17, 15) is 5.11 Å². The molecule has 4 nitrogen and oxygen atoms in total. The maximum absolute atomic E-state index is 9.27. The van der Waals surface area contributed by atoms with Crippen LogP contribution in [0.4, 0.5) is 0 Å². The van der Waals surface area contributed by atoms with E-state index in [0.29, 0.717) is 5.75 Å². The summed E-state index contributed by atoms with van der Waals surface area (Å²) in [6, 6.07) is 10.6. The second kappa shape index (κ2) is 7.28. The molecule has 0 aliphatic carbocycles. The number of aryl methyl sites for hydroxylation is 1. The summed E-state index contributed by atoms with van der Waals surface area (Å²) in [6.07, 6.45) is 0. The fraction of sp³-hybridized carbons (Fsp3) is 0.250. The third-order valence-corrected chi connectivity index (χ3v) is 2.90. The fourth-order valence-electron chi connectivity index (χ4n) is 1.62. The minimum absolute atomic E-state index is 0.227. The van der Waals surface area contributed by atoms with Crippen LogP contribution < -0.4 is 9.47 Å². The van der Waals surface area contributed by atoms with Gasteiger partial charge in [-0.05, 0) is 37.6 Å². The molecule has 0 fully saturated rings. The first-order chi connectivity index (χ1) is 9.51. The highest BCUT2D eigenvalue weighted by Crippen LogP contribution is 2.28. The van der Waals surface area contributed by atoms with Crippen LogP contribution in [0.3, 0.4) is 0 Å². The summed E-state index contributed by atoms with van der Waals surface area (Å²) < 4.78 is 9.84. The molecule has 0 amide bonds. The molecule has 0 heterocycles. The Labute approximate surface area is 119 Å². The van der Waals surface area contributed by atoms with Crippen LogP contribution in [0.1, 0.15) is 11.1 Å². The number of ether oxygens (including phenoxy) is 2. The Balaban J connectivity index is 0.000000200. The Bertz CT molecular complexity index is 513. The maximum atomic E-state index is 9.27. The van der Waals surface area contributed by atoms with E-state index in [4.69, 9.17) is 14.6 Å². The number of para-hydroxylation sites is 1. The molecule has 2 rings (SSSR count). The van der Waals surface area contributed by atoms with Crippen molar-refractivity contribution >= 4 is 0 Å². The largest absolute Gasteiger partial charge is 0.508 e. The first-order valence-corrected chi connectivity index (χ1v) is 6.16. The SMILES string of the molecule is COc1cccc(C)c1O.COc1cccc(O)c1C. The molecule has 0 radical (unpaired) electrons. The van der Waals surface area contributed by atoms with Gasteiger partial charge in [0.15, 0.2) is 11.5 Å². The Morgan fingerprint density at radius 2 is 1.35 bits per heavy atom. The van der Waals surface area contributed by atoms with Crippen molar-refractivity contribution in [3.8, 4) is 23.0 Å². The van der Waals surface area contributed by atoms with Gasteiger partial charge >= 0.3 is 0 Å². The minimum Gasteiger partial charge on any atom is -0.508 e. The molecule has 0 aliphatic heterocycles. The Morgan fingerprint density at radius 3 is 1.85 bits per heavy atom. The van der Waals surface area contributed by atoms with E-state index in [1.165, 1.54) is 7.11 Å². The fourth-order valence-corrected chi connectivity index (χ4v) is 1.62. The van der Waals surface area contributed by atoms with Crippen molar-refractivity contribution in [1.82, 2.24) is 0 Å². The van der Waals surface area contributed by atoms with Gasteiger partial charge < -0.3 is 19.7 Å². The third-order valence-electron chi connectivity index (χ3n) is 2.90. The molecular weight excluding hydrogens is 256 g/mol. The van der Waals surface area contributed by atoms with Crippen molar-refractivity contribution in [1.29, 1.82) is 0 Å². The average molecular weight is 276 g/mol. The van der Waals surface area contributed by atoms with Crippen LogP contribution in [0.25, 0.3) is 0 Å². The lowest BCUT2D eigenvalue weighted by atomic mass is 10.2. The molecule has 0 atom stereocenters. The average Bonchev–Trinajstić information content (AvgIpc) is 2.45. The van der Waals surface area contributed by atoms with Crippen LogP contribution in [0.15, 0.2) is 36.4 Å². The monoisotopic (exact) mass is 276 g/mol. The molecule has 20 heavy (non-hydrogen) atoms. The molecule has 0 spiro atoms. The lowest BCUT2D eigenvalue weighted by Crippen LogP contribution is -1.85. The van der Waals surface area contributed by atoms with Crippen molar-refractivity contribution in [2.45, 2.75) is 13.8 Å². The zero-order valence-corrected chi connectivity index (χ0v) is 12.2. The number of hydrogen-bond donors (Lipinski definition) is 2. The maximum Gasteiger partial charge on any atom is 0.160 e. The van der Waals surface area contributed by atoms with Gasteiger partial charge in [-0.1, -0.05) is 18.2 Å². The van der Waals surface area contributed by atoms with Crippen molar-refractivity contribution in [2.75, 3.05) is 14.2 Å². The van der Waals surface area contributed by atoms with Crippen LogP contribution in [-0.2, 0) is 0 Å². The smallest absolute Gasteiger partial charge is 0.160 e. The lowest BCUT2D eigenvalue weighted by molar-refractivity contribution is 0.372. The molecule has 108 valence electrons. The standard InChI is InChI=1S/2C8H10O2/c1-6-7(9)4-3-5-8(6)10-2;1-6-4-3-5-7(10-2)8(6)9/h2*3-5,9H,1-2H3. The molecule has 0 aromatic heterocycles. The molecule has 2 N–H and O–H groups in total. The number of benzene rings is 2. The molecule has 2 aromatic rings. The molecule has 0 unspecified atom stereocenters. The predicted octanol–water partition coefficient (Wildman–Crippen LogP) is 3.42. The number of hydrogen-bond acceptors (Lipinski definition) is 4. The van der Waals surface area contributed by atoms with E-state index in [0.717, 1.165) is 16.9 Å². The predicted molar refractivity (Wildman–Crippen MR) is 78.8 cm³/mol. The topological polar surface area (TPSA) is 58.9 Å². The summed E-state index contributed by atoms with van der Waals surface area (Å²) in [4.78, 5) is 0. The summed E-state index contributed by atoms with van der Waals surface area (Å²) in [6.45, 7) is 3.64. The van der Waals surface area contributed by atoms with E-state index in [2.05, 4.69) is 0 Å². The molecule has 4 heteroatoms. The van der Waals surface area contributed by atoms with Gasteiger partial charge in [0.2, 0.25) is 0 Å². The number of aromatic hydroxyl groups is 2. The highest BCUT2D eigenvalue weighted by molar-refractivity contribution is 5.44. The second-order valence-corrected chi connectivity index (χ2v) is 4.23. The van der Waals surface area contributed by atoms with Gasteiger partial charge in [-0.2, -0.15) is 0 Å². The van der Waals surface area contributed by atoms with Crippen molar-refractivity contribution < 1.29 is 19.7 Å². The molecule has 0 bridgehead atoms. The third kappa shape index (κ3) is 3.82. The van der Waals surface area contributed by atoms with Gasteiger partial charge in [0, 0.05) is 5.56 Å². The number of phenols is 2. The van der Waals surface area contributed by atoms with Gasteiger partial charge in [-0.3, -0.25) is 0 Å². The summed E-state index contributed by atoms with van der Waals surface area (Å²) in [5.74, 6) is 1.75. The molecule has 2 aromatic carbocycles. The van der Waals surface area contributed by atoms with E-state index in [1.54, 1.807) is 25.3 Å². The van der Waals surface area contributed by atoms with Gasteiger partial charge in [-0.15, -0.1) is 0 Å². The number of rotatable bonds is 2. The number of methoxy groups -OCH3 is 2. The molecule has 0 saturated heterocycles. The summed E-state index contributed by atoms with van der Waals surface area (Å²) >= 11 is 0. The lowest BCUT2D eigenvalue weighted by Gasteiger charge is -2.04. The van der Waals surface area contributed by atoms with E-state index < -0.39 is 0 Å². The van der Waals surface area contributed by atoms with E-state index >= 15 is 0 Å². The Kier molecular flexibility index (Phi) is 5.72. The minimum atomic E-state index is 0.227. The van der Waals surface area contributed by atoms with Crippen LogP contribution in [0, 0.1) is 13.8 Å². The van der Waals surface area contributed by atoms with Crippen LogP contribution in [-0.4, -0.2) is 24.4 Å². The Morgan fingerprint density at radius 1 is 0.800 bits per heavy atom. The highest BCUT2D eigenvalue weighted by atomic mass is 16.5. The second-order valence-electron chi connectivity index (χ2n) is 4.23. The molecule has 0 saturated carbocycles. The van der Waals surface area contributed by atoms with Crippen LogP contribution in [0.5, 0.6) is 23.0 Å². The Hall–Kier alpha value is -2.36. The van der Waals surface area contributed by atoms with Crippen LogP contribution >= 0.6 is 0 Å². The zero-order chi connectivity index (χ0) is 15.1. The van der Waals surface area contributed by atoms with E-state index in [1.807, 2.05) is 32.0 Å². The highest BCUT2D eigenvalue weighted by Gasteiger charge is 2.01. The first-order valence-electron chi connectivity index (χ1n) is 6.16. The number of phenolic OH excluding ortho intramolecular Hbond substituents is 2. The van der Waals surface area contributed by atoms with Gasteiger partial charge in [0.1, 0.15) is 11.5 Å². The summed E-state index contributed by atoms with van der Waals surface area (Å²) in [5.41, 5.74) is 1.62. The van der Waals surface area contributed by atoms with Gasteiger partial charge in [-0.25, -0.2) is 0 Å². The van der Waals surface area contributed by atoms with E-state index in [-0.39, 0.29) is 11.5 Å². The first kappa shape index (κ1) is 15.7. The van der Waals surface area contributed by atoms with Crippen molar-refractivity contribution in [2.24, 2.45) is 0 Å². The van der Waals surface area contributed by atoms with Crippen molar-refractivity contribution in [3.63, 3.8) is 0 Å². The van der Waals surface area contributed by atoms with Gasteiger partial charge in [0.25, 0.3) is 0 Å². The van der Waals surface area contributed by atoms with Gasteiger partial charge in [0.05, 0.1) is 14.2 Å². The summed E-state index contributed by atoms with van der Waals surface area (Å²) in [5, 5.41) is 18.4.